The first-order chi connectivity index (χ1) is 15.8. The van der Waals surface area contributed by atoms with Gasteiger partial charge in [0.25, 0.3) is 0 Å². The molecule has 0 amide bonds. The van der Waals surface area contributed by atoms with E-state index in [4.69, 9.17) is 18.6 Å². The number of epoxide rings is 1. The molecule has 1 spiro atoms. The maximum Gasteiger partial charge on any atom is 0.339 e. The minimum absolute atomic E-state index is 0.0772. The van der Waals surface area contributed by atoms with E-state index in [0.717, 1.165) is 12.0 Å². The Morgan fingerprint density at radius 1 is 1.09 bits per heavy atom. The molecule has 3 saturated carbocycles. The molecular formula is C25H30O9. The van der Waals surface area contributed by atoms with Gasteiger partial charge in [0.2, 0.25) is 0 Å². The molecule has 0 aromatic carbocycles. The molecule has 1 aromatic heterocycles. The van der Waals surface area contributed by atoms with E-state index >= 15 is 0 Å². The lowest BCUT2D eigenvalue weighted by molar-refractivity contribution is -0.259. The second-order valence-electron chi connectivity index (χ2n) is 12.1. The predicted octanol–water partition coefficient (Wildman–Crippen LogP) is 0.836. The van der Waals surface area contributed by atoms with Crippen molar-refractivity contribution < 1.29 is 43.5 Å². The zero-order chi connectivity index (χ0) is 24.3. The molecule has 9 nitrogen and oxygen atoms in total. The first-order valence-corrected chi connectivity index (χ1v) is 12.0. The second kappa shape index (κ2) is 5.62. The van der Waals surface area contributed by atoms with Gasteiger partial charge >= 0.3 is 5.97 Å². The van der Waals surface area contributed by atoms with Crippen molar-refractivity contribution in [2.24, 2.45) is 16.7 Å². The Balaban J connectivity index is 1.40. The summed E-state index contributed by atoms with van der Waals surface area (Å²) in [5, 5.41) is 35.5. The molecule has 1 aromatic rings. The van der Waals surface area contributed by atoms with Gasteiger partial charge in [-0.25, -0.2) is 4.79 Å². The Morgan fingerprint density at radius 2 is 1.82 bits per heavy atom. The Hall–Kier alpha value is -1.78. The number of fused-ring (bicyclic) bond motifs is 5. The smallest absolute Gasteiger partial charge is 0.339 e. The van der Waals surface area contributed by atoms with Crippen molar-refractivity contribution in [1.82, 2.24) is 0 Å². The van der Waals surface area contributed by atoms with E-state index in [1.807, 2.05) is 6.07 Å². The van der Waals surface area contributed by atoms with Crippen molar-refractivity contribution in [2.75, 3.05) is 0 Å². The highest BCUT2D eigenvalue weighted by Gasteiger charge is 2.91. The largest absolute Gasteiger partial charge is 0.472 e. The van der Waals surface area contributed by atoms with Gasteiger partial charge in [-0.3, -0.25) is 4.79 Å². The highest BCUT2D eigenvalue weighted by molar-refractivity contribution is 5.97. The lowest BCUT2D eigenvalue weighted by Crippen LogP contribution is -2.78. The van der Waals surface area contributed by atoms with Gasteiger partial charge in [-0.1, -0.05) is 13.8 Å². The van der Waals surface area contributed by atoms with Crippen molar-refractivity contribution in [2.45, 2.75) is 99.7 Å². The van der Waals surface area contributed by atoms with Crippen molar-refractivity contribution in [1.29, 1.82) is 0 Å². The molecule has 34 heavy (non-hydrogen) atoms. The maximum absolute atomic E-state index is 13.2. The van der Waals surface area contributed by atoms with Crippen LogP contribution in [0, 0.1) is 16.7 Å². The molecule has 9 heteroatoms. The quantitative estimate of drug-likeness (QED) is 0.399. The molecule has 6 fully saturated rings. The van der Waals surface area contributed by atoms with Crippen LogP contribution in [0.1, 0.15) is 58.4 Å². The monoisotopic (exact) mass is 474 g/mol. The van der Waals surface area contributed by atoms with E-state index in [9.17, 15) is 24.9 Å². The molecular weight excluding hydrogens is 444 g/mol. The summed E-state index contributed by atoms with van der Waals surface area (Å²) in [6, 6.07) is 1.94. The van der Waals surface area contributed by atoms with Crippen LogP contribution in [-0.4, -0.2) is 73.9 Å². The second-order valence-corrected chi connectivity index (χ2v) is 12.1. The first-order valence-electron chi connectivity index (χ1n) is 12.0. The fourth-order valence-electron chi connectivity index (χ4n) is 9.66. The van der Waals surface area contributed by atoms with Gasteiger partial charge in [-0.05, 0) is 44.2 Å². The lowest BCUT2D eigenvalue weighted by atomic mass is 9.43. The van der Waals surface area contributed by atoms with E-state index < -0.39 is 69.2 Å². The van der Waals surface area contributed by atoms with E-state index in [-0.39, 0.29) is 18.4 Å². The molecule has 0 unspecified atom stereocenters. The van der Waals surface area contributed by atoms with Crippen LogP contribution < -0.4 is 0 Å². The number of aliphatic hydroxyl groups excluding tert-OH is 1. The summed E-state index contributed by atoms with van der Waals surface area (Å²) in [6.07, 6.45) is 1.09. The van der Waals surface area contributed by atoms with E-state index in [1.54, 1.807) is 26.4 Å². The van der Waals surface area contributed by atoms with E-state index in [1.165, 1.54) is 6.92 Å². The van der Waals surface area contributed by atoms with Crippen LogP contribution in [-0.2, 0) is 23.8 Å². The van der Waals surface area contributed by atoms with Gasteiger partial charge in [0.05, 0.1) is 36.4 Å². The number of rotatable bonds is 1. The minimum atomic E-state index is -2.27. The number of hydrogen-bond donors (Lipinski definition) is 3. The van der Waals surface area contributed by atoms with Crippen LogP contribution in [0.3, 0.4) is 0 Å². The molecule has 3 N–H and O–H groups in total. The van der Waals surface area contributed by atoms with Gasteiger partial charge in [0.1, 0.15) is 5.60 Å². The van der Waals surface area contributed by atoms with E-state index in [2.05, 4.69) is 6.92 Å². The number of ketones is 1. The van der Waals surface area contributed by atoms with Gasteiger partial charge in [-0.15, -0.1) is 0 Å². The van der Waals surface area contributed by atoms with Crippen LogP contribution >= 0.6 is 0 Å². The topological polar surface area (TPSA) is 139 Å². The fraction of sp³-hybridized carbons (Fsp3) is 0.760. The molecule has 0 bridgehead atoms. The number of aliphatic hydroxyl groups is 3. The first kappa shape index (κ1) is 21.5. The highest BCUT2D eigenvalue weighted by Crippen LogP contribution is 2.79. The van der Waals surface area contributed by atoms with Crippen LogP contribution in [0.2, 0.25) is 0 Å². The summed E-state index contributed by atoms with van der Waals surface area (Å²) >= 11 is 0. The number of hydrogen-bond acceptors (Lipinski definition) is 9. The number of esters is 1. The molecule has 184 valence electrons. The fourth-order valence-corrected chi connectivity index (χ4v) is 9.66. The molecule has 3 aliphatic carbocycles. The Morgan fingerprint density at radius 3 is 2.50 bits per heavy atom. The van der Waals surface area contributed by atoms with Crippen molar-refractivity contribution in [3.8, 4) is 0 Å². The molecule has 3 saturated heterocycles. The summed E-state index contributed by atoms with van der Waals surface area (Å²) in [5.74, 6) is -2.17. The summed E-state index contributed by atoms with van der Waals surface area (Å²) in [5.41, 5.74) is -7.38. The molecule has 7 rings (SSSR count). The van der Waals surface area contributed by atoms with Crippen LogP contribution in [0.5, 0.6) is 0 Å². The van der Waals surface area contributed by atoms with Crippen LogP contribution in [0.4, 0.5) is 0 Å². The Kier molecular flexibility index (Phi) is 3.55. The third-order valence-corrected chi connectivity index (χ3v) is 11.1. The zero-order valence-electron chi connectivity index (χ0n) is 19.6. The molecule has 4 heterocycles. The van der Waals surface area contributed by atoms with Crippen molar-refractivity contribution in [3.05, 3.63) is 24.2 Å². The molecule has 3 aliphatic heterocycles. The Bertz CT molecular complexity index is 1130. The average Bonchev–Trinajstić information content (AvgIpc) is 3.00. The number of Topliss-reactive ketones (excluding diaryl/α,β-unsaturated/α-hetero) is 1. The van der Waals surface area contributed by atoms with Crippen molar-refractivity contribution >= 4 is 11.8 Å². The third-order valence-electron chi connectivity index (χ3n) is 11.1. The summed E-state index contributed by atoms with van der Waals surface area (Å²) in [7, 11) is 0. The molecule has 0 radical (unpaired) electrons. The van der Waals surface area contributed by atoms with Gasteiger partial charge in [0, 0.05) is 23.2 Å². The predicted molar refractivity (Wildman–Crippen MR) is 112 cm³/mol. The van der Waals surface area contributed by atoms with Crippen molar-refractivity contribution in [3.63, 3.8) is 0 Å². The normalized spacial score (nSPS) is 61.3. The lowest BCUT2D eigenvalue weighted by Gasteiger charge is -2.61. The maximum atomic E-state index is 13.2. The molecule has 6 aliphatic rings. The van der Waals surface area contributed by atoms with Crippen LogP contribution in [0.25, 0.3) is 0 Å². The number of ether oxygens (including phenoxy) is 3. The van der Waals surface area contributed by atoms with Gasteiger partial charge < -0.3 is 33.9 Å². The SMILES string of the molecule is C[C@]12[C@H]3[C@H](C[C@@]4(C)[C@@H](c5ccoc5)C[C@@H]5O[C@@]54[C@]3(C)O)O[C@@H]1CC(=O)[C@@]1(C)OC(=O)[C@@H](O)[C@@]21O. The number of carbonyl (C=O) groups is 2. The standard InChI is InChI=1S/C25H30O9/c1-20-9-13-17(22(3,29)25(20)16(33-25)7-12(20)11-5-6-31-10-11)21(2)15(32-13)8-14(26)23(4)24(21,30)18(27)19(28)34-23/h5-6,10,12-13,15-18,27,29-30H,7-9H2,1-4H3/t12-,13+,15-,16+,17-,18-,20+,21-,22-,23-,24-,25+/m1/s1. The van der Waals surface area contributed by atoms with E-state index in [0.29, 0.717) is 6.42 Å². The Labute approximate surface area is 196 Å². The highest BCUT2D eigenvalue weighted by atomic mass is 16.6. The van der Waals surface area contributed by atoms with Gasteiger partial charge in [0.15, 0.2) is 23.1 Å². The number of carbonyl (C=O) groups excluding carboxylic acids is 2. The molecule has 12 atom stereocenters. The average molecular weight is 475 g/mol. The van der Waals surface area contributed by atoms with Crippen LogP contribution in [0.15, 0.2) is 23.0 Å². The third kappa shape index (κ3) is 1.79. The minimum Gasteiger partial charge on any atom is -0.472 e. The number of furan rings is 1. The summed E-state index contributed by atoms with van der Waals surface area (Å²) in [6.45, 7) is 6.90. The summed E-state index contributed by atoms with van der Waals surface area (Å²) < 4.78 is 23.5. The zero-order valence-corrected chi connectivity index (χ0v) is 19.6. The summed E-state index contributed by atoms with van der Waals surface area (Å²) in [4.78, 5) is 25.7. The van der Waals surface area contributed by atoms with Gasteiger partial charge in [-0.2, -0.15) is 0 Å².